The average Bonchev–Trinajstić information content (AvgIpc) is 2.47. The van der Waals surface area contributed by atoms with Crippen molar-refractivity contribution in [3.8, 4) is 18.1 Å². The van der Waals surface area contributed by atoms with E-state index in [9.17, 15) is 0 Å². The van der Waals surface area contributed by atoms with Gasteiger partial charge < -0.3 is 4.74 Å². The maximum atomic E-state index is 5.61. The molecular formula is C18H15Br2NO. The lowest BCUT2D eigenvalue weighted by Crippen LogP contribution is -1.98. The zero-order chi connectivity index (χ0) is 16.1. The summed E-state index contributed by atoms with van der Waals surface area (Å²) in [6, 6.07) is 9.98. The van der Waals surface area contributed by atoms with Gasteiger partial charge in [-0.15, -0.1) is 6.42 Å². The standard InChI is InChI=1S/C18H15Br2NO/c1-4-7-22-18-14(9-15(19)10-17(18)20)11-21-16-6-5-12(2)13(3)8-16/h1,5-6,8-11H,7H2,2-3H3. The van der Waals surface area contributed by atoms with Crippen LogP contribution in [0, 0.1) is 26.2 Å². The fourth-order valence-electron chi connectivity index (χ4n) is 1.89. The number of aryl methyl sites for hydroxylation is 2. The quantitative estimate of drug-likeness (QED) is 0.466. The van der Waals surface area contributed by atoms with Gasteiger partial charge in [-0.25, -0.2) is 0 Å². The van der Waals surface area contributed by atoms with E-state index < -0.39 is 0 Å². The molecule has 0 aliphatic heterocycles. The minimum absolute atomic E-state index is 0.213. The van der Waals surface area contributed by atoms with Gasteiger partial charge in [0.15, 0.2) is 0 Å². The second kappa shape index (κ2) is 7.62. The molecule has 22 heavy (non-hydrogen) atoms. The highest BCUT2D eigenvalue weighted by Gasteiger charge is 2.08. The Morgan fingerprint density at radius 1 is 1.18 bits per heavy atom. The highest BCUT2D eigenvalue weighted by atomic mass is 79.9. The van der Waals surface area contributed by atoms with Gasteiger partial charge in [0.1, 0.15) is 12.4 Å². The first-order valence-electron chi connectivity index (χ1n) is 6.68. The Morgan fingerprint density at radius 2 is 1.95 bits per heavy atom. The Morgan fingerprint density at radius 3 is 2.64 bits per heavy atom. The molecule has 2 rings (SSSR count). The Labute approximate surface area is 147 Å². The number of terminal acetylenes is 1. The highest BCUT2D eigenvalue weighted by Crippen LogP contribution is 2.32. The molecule has 0 fully saturated rings. The fourth-order valence-corrected chi connectivity index (χ4v) is 3.26. The van der Waals surface area contributed by atoms with Crippen LogP contribution in [0.4, 0.5) is 5.69 Å². The average molecular weight is 421 g/mol. The third-order valence-corrected chi connectivity index (χ3v) is 4.23. The molecule has 2 aromatic carbocycles. The zero-order valence-corrected chi connectivity index (χ0v) is 15.5. The molecule has 0 atom stereocenters. The van der Waals surface area contributed by atoms with Gasteiger partial charge in [-0.3, -0.25) is 4.99 Å². The van der Waals surface area contributed by atoms with Gasteiger partial charge in [0.2, 0.25) is 0 Å². The predicted molar refractivity (Wildman–Crippen MR) is 99.3 cm³/mol. The molecule has 0 amide bonds. The zero-order valence-electron chi connectivity index (χ0n) is 12.4. The largest absolute Gasteiger partial charge is 0.479 e. The van der Waals surface area contributed by atoms with Gasteiger partial charge in [-0.1, -0.05) is 27.9 Å². The lowest BCUT2D eigenvalue weighted by molar-refractivity contribution is 0.367. The van der Waals surface area contributed by atoms with E-state index in [1.165, 1.54) is 11.1 Å². The number of halogens is 2. The second-order valence-electron chi connectivity index (χ2n) is 4.83. The van der Waals surface area contributed by atoms with E-state index in [1.807, 2.05) is 18.2 Å². The molecule has 0 saturated heterocycles. The number of hydrogen-bond acceptors (Lipinski definition) is 2. The first kappa shape index (κ1) is 16.8. The number of ether oxygens (including phenoxy) is 1. The molecule has 2 nitrogen and oxygen atoms in total. The summed E-state index contributed by atoms with van der Waals surface area (Å²) in [5.41, 5.74) is 4.23. The van der Waals surface area contributed by atoms with Gasteiger partial charge in [-0.05, 0) is 65.2 Å². The van der Waals surface area contributed by atoms with E-state index in [1.54, 1.807) is 6.21 Å². The van der Waals surface area contributed by atoms with Gasteiger partial charge in [-0.2, -0.15) is 0 Å². The summed E-state index contributed by atoms with van der Waals surface area (Å²) in [6.07, 6.45) is 7.05. The number of aliphatic imine (C=N–C) groups is 1. The van der Waals surface area contributed by atoms with Crippen LogP contribution in [0.25, 0.3) is 0 Å². The molecule has 0 heterocycles. The molecule has 0 saturated carbocycles. The maximum Gasteiger partial charge on any atom is 0.148 e. The van der Waals surface area contributed by atoms with Crippen molar-refractivity contribution < 1.29 is 4.74 Å². The predicted octanol–water partition coefficient (Wildman–Crippen LogP) is 5.59. The lowest BCUT2D eigenvalue weighted by atomic mass is 10.1. The Bertz CT molecular complexity index is 760. The summed E-state index contributed by atoms with van der Waals surface area (Å²) in [5.74, 6) is 3.16. The monoisotopic (exact) mass is 419 g/mol. The normalized spacial score (nSPS) is 10.7. The summed E-state index contributed by atoms with van der Waals surface area (Å²) in [5, 5.41) is 0. The molecule has 0 spiro atoms. The van der Waals surface area contributed by atoms with Gasteiger partial charge in [0, 0.05) is 16.3 Å². The second-order valence-corrected chi connectivity index (χ2v) is 6.60. The molecule has 2 aromatic rings. The van der Waals surface area contributed by atoms with E-state index in [4.69, 9.17) is 11.2 Å². The third kappa shape index (κ3) is 4.22. The van der Waals surface area contributed by atoms with Crippen LogP contribution in [0.5, 0.6) is 5.75 Å². The summed E-state index contributed by atoms with van der Waals surface area (Å²) >= 11 is 6.97. The van der Waals surface area contributed by atoms with E-state index >= 15 is 0 Å². The summed E-state index contributed by atoms with van der Waals surface area (Å²) in [6.45, 7) is 4.37. The molecule has 0 aromatic heterocycles. The number of rotatable bonds is 4. The lowest BCUT2D eigenvalue weighted by Gasteiger charge is -2.09. The third-order valence-electron chi connectivity index (χ3n) is 3.18. The van der Waals surface area contributed by atoms with Crippen LogP contribution >= 0.6 is 31.9 Å². The van der Waals surface area contributed by atoms with Crippen molar-refractivity contribution in [2.45, 2.75) is 13.8 Å². The van der Waals surface area contributed by atoms with Crippen molar-refractivity contribution >= 4 is 43.8 Å². The van der Waals surface area contributed by atoms with E-state index in [0.717, 1.165) is 20.2 Å². The van der Waals surface area contributed by atoms with Gasteiger partial charge >= 0.3 is 0 Å². The van der Waals surface area contributed by atoms with Crippen molar-refractivity contribution in [3.05, 3.63) is 56.0 Å². The Kier molecular flexibility index (Phi) is 5.82. The summed E-state index contributed by atoms with van der Waals surface area (Å²) in [4.78, 5) is 4.53. The van der Waals surface area contributed by atoms with Crippen molar-refractivity contribution in [3.63, 3.8) is 0 Å². The number of hydrogen-bond donors (Lipinski definition) is 0. The van der Waals surface area contributed by atoms with Crippen LogP contribution in [-0.4, -0.2) is 12.8 Å². The van der Waals surface area contributed by atoms with E-state index in [-0.39, 0.29) is 6.61 Å². The molecule has 112 valence electrons. The van der Waals surface area contributed by atoms with Crippen LogP contribution in [0.2, 0.25) is 0 Å². The van der Waals surface area contributed by atoms with Gasteiger partial charge in [0.25, 0.3) is 0 Å². The first-order valence-corrected chi connectivity index (χ1v) is 8.26. The number of benzene rings is 2. The topological polar surface area (TPSA) is 21.6 Å². The van der Waals surface area contributed by atoms with Crippen molar-refractivity contribution in [2.24, 2.45) is 4.99 Å². The fraction of sp³-hybridized carbons (Fsp3) is 0.167. The smallest absolute Gasteiger partial charge is 0.148 e. The minimum atomic E-state index is 0.213. The molecule has 0 N–H and O–H groups in total. The van der Waals surface area contributed by atoms with Crippen LogP contribution in [0.15, 0.2) is 44.3 Å². The molecule has 0 unspecified atom stereocenters. The molecule has 4 heteroatoms. The maximum absolute atomic E-state index is 5.61. The SMILES string of the molecule is C#CCOc1c(Br)cc(Br)cc1C=Nc1ccc(C)c(C)c1. The van der Waals surface area contributed by atoms with Crippen LogP contribution in [0.3, 0.4) is 0 Å². The summed E-state index contributed by atoms with van der Waals surface area (Å²) < 4.78 is 7.38. The minimum Gasteiger partial charge on any atom is -0.479 e. The molecule has 0 aliphatic rings. The van der Waals surface area contributed by atoms with Crippen LogP contribution in [0.1, 0.15) is 16.7 Å². The van der Waals surface area contributed by atoms with Crippen LogP contribution in [-0.2, 0) is 0 Å². The van der Waals surface area contributed by atoms with Crippen molar-refractivity contribution in [1.82, 2.24) is 0 Å². The van der Waals surface area contributed by atoms with E-state index in [0.29, 0.717) is 5.75 Å². The first-order chi connectivity index (χ1) is 10.5. The molecule has 0 radical (unpaired) electrons. The van der Waals surface area contributed by atoms with Crippen molar-refractivity contribution in [1.29, 1.82) is 0 Å². The Hall–Kier alpha value is -1.57. The van der Waals surface area contributed by atoms with Crippen molar-refractivity contribution in [2.75, 3.05) is 6.61 Å². The Balaban J connectivity index is 2.36. The molecular weight excluding hydrogens is 406 g/mol. The highest BCUT2D eigenvalue weighted by molar-refractivity contribution is 9.11. The molecule has 0 bridgehead atoms. The number of nitrogens with zero attached hydrogens (tertiary/aromatic N) is 1. The summed E-state index contributed by atoms with van der Waals surface area (Å²) in [7, 11) is 0. The van der Waals surface area contributed by atoms with Crippen LogP contribution < -0.4 is 4.74 Å². The van der Waals surface area contributed by atoms with E-state index in [2.05, 4.69) is 68.8 Å². The van der Waals surface area contributed by atoms with Gasteiger partial charge in [0.05, 0.1) is 10.2 Å². The molecule has 0 aliphatic carbocycles.